The summed E-state index contributed by atoms with van der Waals surface area (Å²) in [6.45, 7) is 0. The number of rotatable bonds is 4. The number of carbonyl (C=O) groups excluding carboxylic acids is 1. The van der Waals surface area contributed by atoms with Gasteiger partial charge in [0.25, 0.3) is 5.91 Å². The van der Waals surface area contributed by atoms with Crippen molar-refractivity contribution in [1.29, 1.82) is 0 Å². The van der Waals surface area contributed by atoms with Crippen LogP contribution in [0.5, 0.6) is 5.75 Å². The fourth-order valence-corrected chi connectivity index (χ4v) is 3.19. The van der Waals surface area contributed by atoms with Crippen molar-refractivity contribution in [2.24, 2.45) is 0 Å². The zero-order chi connectivity index (χ0) is 17.1. The van der Waals surface area contributed by atoms with Gasteiger partial charge in [0, 0.05) is 5.69 Å². The number of nitrogens with zero attached hydrogens (tertiary/aromatic N) is 1. The van der Waals surface area contributed by atoms with Gasteiger partial charge in [0.1, 0.15) is 16.6 Å². The van der Waals surface area contributed by atoms with E-state index in [2.05, 4.69) is 10.3 Å². The van der Waals surface area contributed by atoms with E-state index in [-0.39, 0.29) is 22.0 Å². The van der Waals surface area contributed by atoms with Crippen LogP contribution < -0.4 is 10.1 Å². The van der Waals surface area contributed by atoms with E-state index in [1.807, 2.05) is 0 Å². The highest BCUT2D eigenvalue weighted by atomic mass is 35.5. The first-order valence-corrected chi connectivity index (χ1v) is 8.76. The van der Waals surface area contributed by atoms with Gasteiger partial charge in [-0.15, -0.1) is 0 Å². The standard InChI is InChI=1S/C17H15Cl3N2O2/c18-12-6-8-15(20)22-16(12)17(23)21-10-5-7-14(13(19)9-10)24-11-3-1-2-4-11/h5-9,11H,1-4H2,(H,21,23). The zero-order valence-corrected chi connectivity index (χ0v) is 15.0. The predicted molar refractivity (Wildman–Crippen MR) is 96.5 cm³/mol. The Morgan fingerprint density at radius 1 is 1.08 bits per heavy atom. The zero-order valence-electron chi connectivity index (χ0n) is 12.7. The van der Waals surface area contributed by atoms with Gasteiger partial charge in [-0.1, -0.05) is 34.8 Å². The monoisotopic (exact) mass is 384 g/mol. The molecular weight excluding hydrogens is 371 g/mol. The third-order valence-corrected chi connectivity index (χ3v) is 4.62. The normalized spacial score (nSPS) is 14.6. The quantitative estimate of drug-likeness (QED) is 0.695. The summed E-state index contributed by atoms with van der Waals surface area (Å²) in [5.74, 6) is 0.170. The van der Waals surface area contributed by atoms with E-state index in [1.165, 1.54) is 25.0 Å². The largest absolute Gasteiger partial charge is 0.489 e. The molecule has 0 atom stereocenters. The number of aromatic nitrogens is 1. The molecule has 1 amide bonds. The fraction of sp³-hybridized carbons (Fsp3) is 0.294. The Morgan fingerprint density at radius 3 is 2.54 bits per heavy atom. The average Bonchev–Trinajstić information content (AvgIpc) is 3.05. The first kappa shape index (κ1) is 17.3. The van der Waals surface area contributed by atoms with Crippen LogP contribution in [0, 0.1) is 0 Å². The molecule has 126 valence electrons. The highest BCUT2D eigenvalue weighted by molar-refractivity contribution is 6.35. The van der Waals surface area contributed by atoms with E-state index in [4.69, 9.17) is 39.5 Å². The van der Waals surface area contributed by atoms with Gasteiger partial charge in [0.2, 0.25) is 0 Å². The molecule has 0 spiro atoms. The smallest absolute Gasteiger partial charge is 0.275 e. The lowest BCUT2D eigenvalue weighted by Gasteiger charge is -2.15. The molecule has 0 unspecified atom stereocenters. The van der Waals surface area contributed by atoms with E-state index in [9.17, 15) is 4.79 Å². The van der Waals surface area contributed by atoms with Crippen LogP contribution in [-0.4, -0.2) is 17.0 Å². The summed E-state index contributed by atoms with van der Waals surface area (Å²) in [5.41, 5.74) is 0.591. The maximum Gasteiger partial charge on any atom is 0.275 e. The van der Waals surface area contributed by atoms with Crippen molar-refractivity contribution in [2.45, 2.75) is 31.8 Å². The van der Waals surface area contributed by atoms with Crippen molar-refractivity contribution < 1.29 is 9.53 Å². The Morgan fingerprint density at radius 2 is 1.83 bits per heavy atom. The van der Waals surface area contributed by atoms with Gasteiger partial charge >= 0.3 is 0 Å². The van der Waals surface area contributed by atoms with Gasteiger partial charge in [-0.3, -0.25) is 4.79 Å². The van der Waals surface area contributed by atoms with Gasteiger partial charge in [0.05, 0.1) is 16.1 Å². The Kier molecular flexibility index (Phi) is 5.49. The van der Waals surface area contributed by atoms with Gasteiger partial charge in [-0.25, -0.2) is 4.98 Å². The number of hydrogen-bond donors (Lipinski definition) is 1. The van der Waals surface area contributed by atoms with Crippen LogP contribution in [0.25, 0.3) is 0 Å². The number of amides is 1. The molecule has 1 aromatic heterocycles. The minimum absolute atomic E-state index is 0.0616. The molecule has 1 N–H and O–H groups in total. The second-order valence-electron chi connectivity index (χ2n) is 5.59. The third-order valence-electron chi connectivity index (χ3n) is 3.81. The van der Waals surface area contributed by atoms with E-state index in [0.29, 0.717) is 16.5 Å². The van der Waals surface area contributed by atoms with Gasteiger partial charge in [-0.2, -0.15) is 0 Å². The van der Waals surface area contributed by atoms with E-state index >= 15 is 0 Å². The van der Waals surface area contributed by atoms with Gasteiger partial charge < -0.3 is 10.1 Å². The molecule has 3 rings (SSSR count). The minimum Gasteiger partial charge on any atom is -0.489 e. The lowest BCUT2D eigenvalue weighted by molar-refractivity contribution is 0.102. The van der Waals surface area contributed by atoms with E-state index in [0.717, 1.165) is 12.8 Å². The molecule has 0 aliphatic heterocycles. The summed E-state index contributed by atoms with van der Waals surface area (Å²) in [5, 5.41) is 3.58. The highest BCUT2D eigenvalue weighted by Gasteiger charge is 2.18. The summed E-state index contributed by atoms with van der Waals surface area (Å²) in [6, 6.07) is 8.17. The molecule has 4 nitrogen and oxygen atoms in total. The number of pyridine rings is 1. The number of anilines is 1. The van der Waals surface area contributed by atoms with Crippen molar-refractivity contribution in [3.8, 4) is 5.75 Å². The second-order valence-corrected chi connectivity index (χ2v) is 6.79. The average molecular weight is 386 g/mol. The van der Waals surface area contributed by atoms with Crippen molar-refractivity contribution in [3.05, 3.63) is 51.2 Å². The number of halogens is 3. The molecule has 0 saturated heterocycles. The molecule has 0 bridgehead atoms. The highest BCUT2D eigenvalue weighted by Crippen LogP contribution is 2.32. The SMILES string of the molecule is O=C(Nc1ccc(OC2CCCC2)c(Cl)c1)c1nc(Cl)ccc1Cl. The molecule has 1 aliphatic carbocycles. The van der Waals surface area contributed by atoms with Crippen molar-refractivity contribution in [3.63, 3.8) is 0 Å². The Labute approximate surface area is 155 Å². The lowest BCUT2D eigenvalue weighted by Crippen LogP contribution is -2.15. The number of benzene rings is 1. The molecule has 1 fully saturated rings. The van der Waals surface area contributed by atoms with Crippen molar-refractivity contribution in [1.82, 2.24) is 4.98 Å². The fourth-order valence-electron chi connectivity index (χ4n) is 2.63. The molecule has 1 saturated carbocycles. The van der Waals surface area contributed by atoms with Gasteiger partial charge in [0.15, 0.2) is 0 Å². The van der Waals surface area contributed by atoms with Crippen LogP contribution in [0.4, 0.5) is 5.69 Å². The predicted octanol–water partition coefficient (Wildman–Crippen LogP) is 5.62. The molecule has 1 heterocycles. The molecule has 0 radical (unpaired) electrons. The second kappa shape index (κ2) is 7.60. The molecule has 24 heavy (non-hydrogen) atoms. The van der Waals surface area contributed by atoms with Crippen LogP contribution >= 0.6 is 34.8 Å². The van der Waals surface area contributed by atoms with E-state index in [1.54, 1.807) is 18.2 Å². The number of ether oxygens (including phenoxy) is 1. The molecule has 1 aromatic carbocycles. The molecule has 2 aromatic rings. The third kappa shape index (κ3) is 4.12. The maximum atomic E-state index is 12.3. The van der Waals surface area contributed by atoms with Gasteiger partial charge in [-0.05, 0) is 56.0 Å². The topological polar surface area (TPSA) is 51.2 Å². The first-order valence-electron chi connectivity index (χ1n) is 7.62. The summed E-state index contributed by atoms with van der Waals surface area (Å²) < 4.78 is 5.89. The Bertz CT molecular complexity index is 761. The number of nitrogens with one attached hydrogen (secondary N) is 1. The number of carbonyl (C=O) groups is 1. The van der Waals surface area contributed by atoms with E-state index < -0.39 is 5.91 Å². The molecular formula is C17H15Cl3N2O2. The lowest BCUT2D eigenvalue weighted by atomic mass is 10.2. The summed E-state index contributed by atoms with van der Waals surface area (Å²) >= 11 is 18.0. The van der Waals surface area contributed by atoms with Crippen LogP contribution in [0.1, 0.15) is 36.2 Å². The maximum absolute atomic E-state index is 12.3. The van der Waals surface area contributed by atoms with Crippen LogP contribution in [0.2, 0.25) is 15.2 Å². The first-order chi connectivity index (χ1) is 11.5. The molecule has 1 aliphatic rings. The number of hydrogen-bond acceptors (Lipinski definition) is 3. The Hall–Kier alpha value is -1.49. The van der Waals surface area contributed by atoms with Crippen LogP contribution in [-0.2, 0) is 0 Å². The summed E-state index contributed by atoms with van der Waals surface area (Å²) in [6.07, 6.45) is 4.69. The minimum atomic E-state index is -0.456. The van der Waals surface area contributed by atoms with Crippen molar-refractivity contribution >= 4 is 46.4 Å². The van der Waals surface area contributed by atoms with Crippen LogP contribution in [0.15, 0.2) is 30.3 Å². The summed E-state index contributed by atoms with van der Waals surface area (Å²) in [4.78, 5) is 16.2. The summed E-state index contributed by atoms with van der Waals surface area (Å²) in [7, 11) is 0. The molecule has 7 heteroatoms. The Balaban J connectivity index is 1.72. The van der Waals surface area contributed by atoms with Crippen LogP contribution in [0.3, 0.4) is 0 Å². The van der Waals surface area contributed by atoms with Crippen molar-refractivity contribution in [2.75, 3.05) is 5.32 Å².